The average molecular weight is 414 g/mol. The highest BCUT2D eigenvalue weighted by atomic mass is 16.5. The van der Waals surface area contributed by atoms with Gasteiger partial charge in [-0.15, -0.1) is 0 Å². The van der Waals surface area contributed by atoms with Crippen LogP contribution in [0.4, 0.5) is 5.69 Å². The zero-order chi connectivity index (χ0) is 22.0. The smallest absolute Gasteiger partial charge is 0.253 e. The van der Waals surface area contributed by atoms with E-state index < -0.39 is 0 Å². The lowest BCUT2D eigenvalue weighted by molar-refractivity contribution is -0.105. The Kier molecular flexibility index (Phi) is 5.41. The number of benzene rings is 2. The van der Waals surface area contributed by atoms with Gasteiger partial charge in [0.05, 0.1) is 24.7 Å². The Hall–Kier alpha value is -4.13. The number of carbonyl (C=O) groups is 2. The van der Waals surface area contributed by atoms with Gasteiger partial charge in [0.25, 0.3) is 5.91 Å². The molecule has 156 valence electrons. The van der Waals surface area contributed by atoms with Gasteiger partial charge in [0.1, 0.15) is 5.75 Å². The third kappa shape index (κ3) is 3.73. The maximum atomic E-state index is 12.4. The van der Waals surface area contributed by atoms with E-state index in [0.717, 1.165) is 28.1 Å². The molecule has 0 fully saturated rings. The fourth-order valence-electron chi connectivity index (χ4n) is 3.57. The van der Waals surface area contributed by atoms with Gasteiger partial charge >= 0.3 is 0 Å². The molecule has 0 unspecified atom stereocenters. The molecule has 0 bridgehead atoms. The number of hydrogen-bond donors (Lipinski definition) is 1. The number of aromatic nitrogens is 2. The zero-order valence-electron chi connectivity index (χ0n) is 17.5. The first-order valence-corrected chi connectivity index (χ1v) is 9.70. The molecule has 0 saturated carbocycles. The average Bonchev–Trinajstić information content (AvgIpc) is 3.23. The van der Waals surface area contributed by atoms with Crippen LogP contribution in [0.1, 0.15) is 10.4 Å². The normalized spacial score (nSPS) is 10.7. The summed E-state index contributed by atoms with van der Waals surface area (Å²) in [6, 6.07) is 16.9. The van der Waals surface area contributed by atoms with Crippen molar-refractivity contribution in [1.82, 2.24) is 14.3 Å². The number of carbonyl (C=O) groups excluding carboxylic acids is 2. The van der Waals surface area contributed by atoms with E-state index in [1.54, 1.807) is 38.4 Å². The van der Waals surface area contributed by atoms with Crippen LogP contribution in [-0.2, 0) is 4.79 Å². The Morgan fingerprint density at radius 2 is 1.90 bits per heavy atom. The van der Waals surface area contributed by atoms with Gasteiger partial charge in [-0.3, -0.25) is 14.0 Å². The molecule has 0 saturated heterocycles. The van der Waals surface area contributed by atoms with E-state index in [9.17, 15) is 9.59 Å². The van der Waals surface area contributed by atoms with Crippen LogP contribution in [0, 0.1) is 0 Å². The van der Waals surface area contributed by atoms with E-state index in [-0.39, 0.29) is 5.91 Å². The van der Waals surface area contributed by atoms with Gasteiger partial charge in [-0.05, 0) is 24.3 Å². The standard InChI is InChI=1S/C24H22N4O3/c1-27(2)24(30)17-8-6-7-16(11-17)21-13-25-23-20(26-15-29)12-18(14-28(21)23)19-9-4-5-10-22(19)31-3/h4-15H,1-3H3,(H,26,29). The molecule has 7 nitrogen and oxygen atoms in total. The molecule has 2 aromatic heterocycles. The van der Waals surface area contributed by atoms with Crippen molar-refractivity contribution >= 4 is 23.7 Å². The number of anilines is 1. The predicted molar refractivity (Wildman–Crippen MR) is 120 cm³/mol. The number of hydrogen-bond acceptors (Lipinski definition) is 4. The molecule has 2 aromatic carbocycles. The van der Waals surface area contributed by atoms with Crippen LogP contribution in [-0.4, -0.2) is 47.8 Å². The maximum Gasteiger partial charge on any atom is 0.253 e. The van der Waals surface area contributed by atoms with Crippen molar-refractivity contribution in [3.63, 3.8) is 0 Å². The molecule has 4 rings (SSSR count). The van der Waals surface area contributed by atoms with Crippen molar-refractivity contribution in [2.45, 2.75) is 0 Å². The number of fused-ring (bicyclic) bond motifs is 1. The molecule has 0 aliphatic heterocycles. The molecule has 31 heavy (non-hydrogen) atoms. The van der Waals surface area contributed by atoms with Crippen LogP contribution in [0.15, 0.2) is 67.0 Å². The van der Waals surface area contributed by atoms with Crippen molar-refractivity contribution in [1.29, 1.82) is 0 Å². The van der Waals surface area contributed by atoms with Crippen LogP contribution >= 0.6 is 0 Å². The molecule has 2 heterocycles. The highest BCUT2D eigenvalue weighted by molar-refractivity contribution is 5.95. The summed E-state index contributed by atoms with van der Waals surface area (Å²) in [6.07, 6.45) is 4.31. The molecule has 0 spiro atoms. The molecule has 1 N–H and O–H groups in total. The summed E-state index contributed by atoms with van der Waals surface area (Å²) < 4.78 is 7.43. The molecule has 0 atom stereocenters. The van der Waals surface area contributed by atoms with E-state index in [4.69, 9.17) is 4.74 Å². The van der Waals surface area contributed by atoms with Crippen molar-refractivity contribution < 1.29 is 14.3 Å². The minimum Gasteiger partial charge on any atom is -0.496 e. The summed E-state index contributed by atoms with van der Waals surface area (Å²) in [4.78, 5) is 29.7. The fraction of sp³-hybridized carbons (Fsp3) is 0.125. The molecule has 0 aliphatic rings. The Morgan fingerprint density at radius 3 is 2.65 bits per heavy atom. The van der Waals surface area contributed by atoms with Crippen molar-refractivity contribution in [2.24, 2.45) is 0 Å². The van der Waals surface area contributed by atoms with Gasteiger partial charge in [0, 0.05) is 42.5 Å². The van der Waals surface area contributed by atoms with Crippen LogP contribution in [0.2, 0.25) is 0 Å². The van der Waals surface area contributed by atoms with Gasteiger partial charge < -0.3 is 15.0 Å². The number of imidazole rings is 1. The third-order valence-electron chi connectivity index (χ3n) is 5.05. The lowest BCUT2D eigenvalue weighted by Gasteiger charge is -2.13. The Balaban J connectivity index is 1.93. The van der Waals surface area contributed by atoms with Gasteiger partial charge in [-0.25, -0.2) is 4.98 Å². The Labute approximate surface area is 179 Å². The van der Waals surface area contributed by atoms with Crippen LogP contribution in [0.5, 0.6) is 5.75 Å². The number of ether oxygens (including phenoxy) is 1. The highest BCUT2D eigenvalue weighted by Gasteiger charge is 2.16. The monoisotopic (exact) mass is 414 g/mol. The number of amides is 2. The maximum absolute atomic E-state index is 12.4. The van der Waals surface area contributed by atoms with Gasteiger partial charge in [-0.2, -0.15) is 0 Å². The van der Waals surface area contributed by atoms with Gasteiger partial charge in [0.2, 0.25) is 6.41 Å². The van der Waals surface area contributed by atoms with Gasteiger partial charge in [-0.1, -0.05) is 30.3 Å². The molecule has 0 aliphatic carbocycles. The summed E-state index contributed by atoms with van der Waals surface area (Å²) >= 11 is 0. The number of rotatable bonds is 6. The second-order valence-corrected chi connectivity index (χ2v) is 7.22. The van der Waals surface area contributed by atoms with E-state index in [0.29, 0.717) is 23.3 Å². The molecule has 4 aromatic rings. The van der Waals surface area contributed by atoms with E-state index in [1.165, 1.54) is 0 Å². The number of para-hydroxylation sites is 1. The Morgan fingerprint density at radius 1 is 1.10 bits per heavy atom. The fourth-order valence-corrected chi connectivity index (χ4v) is 3.57. The number of nitrogens with one attached hydrogen (secondary N) is 1. The SMILES string of the molecule is COc1ccccc1-c1cc(NC=O)c2ncc(-c3cccc(C(=O)N(C)C)c3)n2c1. The molecule has 0 radical (unpaired) electrons. The second-order valence-electron chi connectivity index (χ2n) is 7.22. The highest BCUT2D eigenvalue weighted by Crippen LogP contribution is 2.34. The van der Waals surface area contributed by atoms with E-state index in [1.807, 2.05) is 59.1 Å². The van der Waals surface area contributed by atoms with Crippen molar-refractivity contribution in [2.75, 3.05) is 26.5 Å². The van der Waals surface area contributed by atoms with Crippen LogP contribution in [0.3, 0.4) is 0 Å². The van der Waals surface area contributed by atoms with E-state index in [2.05, 4.69) is 10.3 Å². The quantitative estimate of drug-likeness (QED) is 0.485. The first-order valence-electron chi connectivity index (χ1n) is 9.70. The lowest BCUT2D eigenvalue weighted by Crippen LogP contribution is -2.21. The molecular weight excluding hydrogens is 392 g/mol. The van der Waals surface area contributed by atoms with E-state index >= 15 is 0 Å². The number of methoxy groups -OCH3 is 1. The summed E-state index contributed by atoms with van der Waals surface area (Å²) in [5, 5.41) is 2.74. The molecule has 2 amide bonds. The largest absolute Gasteiger partial charge is 0.496 e. The first-order chi connectivity index (χ1) is 15.0. The minimum absolute atomic E-state index is 0.0753. The molecule has 7 heteroatoms. The topological polar surface area (TPSA) is 75.9 Å². The van der Waals surface area contributed by atoms with Crippen molar-refractivity contribution in [3.05, 3.63) is 72.6 Å². The van der Waals surface area contributed by atoms with Crippen LogP contribution in [0.25, 0.3) is 28.0 Å². The minimum atomic E-state index is -0.0753. The zero-order valence-corrected chi connectivity index (χ0v) is 17.5. The van der Waals surface area contributed by atoms with Crippen LogP contribution < -0.4 is 10.1 Å². The Bertz CT molecular complexity index is 1280. The number of pyridine rings is 1. The predicted octanol–water partition coefficient (Wildman–Crippen LogP) is 3.95. The lowest BCUT2D eigenvalue weighted by atomic mass is 10.1. The molecular formula is C24H22N4O3. The summed E-state index contributed by atoms with van der Waals surface area (Å²) in [5.41, 5.74) is 5.15. The third-order valence-corrected chi connectivity index (χ3v) is 5.05. The summed E-state index contributed by atoms with van der Waals surface area (Å²) in [7, 11) is 5.07. The van der Waals surface area contributed by atoms with Gasteiger partial charge in [0.15, 0.2) is 5.65 Å². The number of nitrogens with zero attached hydrogens (tertiary/aromatic N) is 3. The first kappa shape index (κ1) is 20.2. The summed E-state index contributed by atoms with van der Waals surface area (Å²) in [6.45, 7) is 0. The van der Waals surface area contributed by atoms with Crippen molar-refractivity contribution in [3.8, 4) is 28.1 Å². The second kappa shape index (κ2) is 8.31. The summed E-state index contributed by atoms with van der Waals surface area (Å²) in [5.74, 6) is 0.646.